The summed E-state index contributed by atoms with van der Waals surface area (Å²) in [6.45, 7) is 0.440. The Morgan fingerprint density at radius 3 is 2.74 bits per heavy atom. The van der Waals surface area contributed by atoms with Gasteiger partial charge in [0.05, 0.1) is 17.9 Å². The van der Waals surface area contributed by atoms with Gasteiger partial charge in [0.15, 0.2) is 12.5 Å². The largest absolute Gasteiger partial charge is 0.573 e. The second-order valence-corrected chi connectivity index (χ2v) is 6.98. The number of anilines is 1. The summed E-state index contributed by atoms with van der Waals surface area (Å²) in [5.41, 5.74) is 1.26. The molecule has 4 rings (SSSR count). The van der Waals surface area contributed by atoms with E-state index in [0.29, 0.717) is 22.2 Å². The minimum absolute atomic E-state index is 0.0772. The summed E-state index contributed by atoms with van der Waals surface area (Å²) in [5, 5.41) is 0.507. The number of alkyl halides is 3. The fourth-order valence-corrected chi connectivity index (χ4v) is 3.14. The van der Waals surface area contributed by atoms with Crippen molar-refractivity contribution in [3.63, 3.8) is 0 Å². The van der Waals surface area contributed by atoms with Crippen molar-refractivity contribution in [1.82, 2.24) is 14.5 Å². The number of halogens is 4. The number of imidazole rings is 1. The normalized spacial score (nSPS) is 14.2. The van der Waals surface area contributed by atoms with Crippen molar-refractivity contribution >= 4 is 17.4 Å². The van der Waals surface area contributed by atoms with Crippen LogP contribution in [0.5, 0.6) is 17.5 Å². The number of pyridine rings is 1. The number of benzene rings is 1. The Morgan fingerprint density at radius 1 is 1.16 bits per heavy atom. The summed E-state index contributed by atoms with van der Waals surface area (Å²) in [6, 6.07) is 8.65. The van der Waals surface area contributed by atoms with Gasteiger partial charge in [0.1, 0.15) is 18.1 Å². The van der Waals surface area contributed by atoms with Gasteiger partial charge in [-0.05, 0) is 24.3 Å². The lowest BCUT2D eigenvalue weighted by Crippen LogP contribution is -2.19. The molecule has 0 unspecified atom stereocenters. The van der Waals surface area contributed by atoms with Crippen LogP contribution in [0.3, 0.4) is 0 Å². The van der Waals surface area contributed by atoms with E-state index in [2.05, 4.69) is 14.7 Å². The van der Waals surface area contributed by atoms with Crippen LogP contribution in [-0.4, -0.2) is 34.7 Å². The molecule has 3 heterocycles. The summed E-state index contributed by atoms with van der Waals surface area (Å²) < 4.78 is 49.1. The first kappa shape index (κ1) is 21.2. The topological polar surface area (TPSA) is 70.9 Å². The molecule has 164 valence electrons. The third-order valence-corrected chi connectivity index (χ3v) is 4.49. The van der Waals surface area contributed by atoms with E-state index in [1.54, 1.807) is 34.8 Å². The third kappa shape index (κ3) is 5.19. The first-order valence-electron chi connectivity index (χ1n) is 8.97. The second kappa shape index (κ2) is 8.61. The molecule has 0 bridgehead atoms. The number of ether oxygens (including phenoxy) is 2. The molecular weight excluding hydrogens is 441 g/mol. The molecule has 0 fully saturated rings. The number of aromatic nitrogens is 3. The molecule has 1 aliphatic heterocycles. The van der Waals surface area contributed by atoms with Gasteiger partial charge in [-0.25, -0.2) is 9.78 Å². The molecule has 0 aliphatic carbocycles. The molecule has 3 aromatic rings. The van der Waals surface area contributed by atoms with Gasteiger partial charge in [-0.15, -0.1) is 13.2 Å². The minimum Gasteiger partial charge on any atom is -0.425 e. The van der Waals surface area contributed by atoms with Crippen molar-refractivity contribution in [1.29, 1.82) is 0 Å². The van der Waals surface area contributed by atoms with Gasteiger partial charge in [0, 0.05) is 24.3 Å². The molecule has 0 N–H and O–H groups in total. The molecule has 12 heteroatoms. The zero-order chi connectivity index (χ0) is 22.0. The number of fused-ring (bicyclic) bond motifs is 1. The SMILES string of the molecule is CN1COOCc2c1nc(Oc1cccc(OC(F)(F)F)c1)n2Cc1cc(Cl)ccn1. The van der Waals surface area contributed by atoms with Crippen LogP contribution in [0, 0.1) is 0 Å². The number of hydrogen-bond donors (Lipinski definition) is 0. The molecule has 0 spiro atoms. The zero-order valence-corrected chi connectivity index (χ0v) is 16.9. The minimum atomic E-state index is -4.81. The molecule has 0 atom stereocenters. The Kier molecular flexibility index (Phi) is 5.90. The maximum Gasteiger partial charge on any atom is 0.573 e. The van der Waals surface area contributed by atoms with E-state index < -0.39 is 12.1 Å². The molecule has 8 nitrogen and oxygen atoms in total. The standard InChI is InChI=1S/C19H16ClF3N4O4/c1-26-11-29-28-10-16-17(26)25-18(27(16)9-13-7-12(20)5-6-24-13)30-14-3-2-4-15(8-14)31-19(21,22)23/h2-8H,9-11H2,1H3. The van der Waals surface area contributed by atoms with E-state index in [4.69, 9.17) is 26.1 Å². The van der Waals surface area contributed by atoms with E-state index in [9.17, 15) is 13.2 Å². The van der Waals surface area contributed by atoms with Crippen molar-refractivity contribution in [2.24, 2.45) is 0 Å². The number of hydrogen-bond acceptors (Lipinski definition) is 7. The molecule has 1 aromatic carbocycles. The van der Waals surface area contributed by atoms with Crippen LogP contribution >= 0.6 is 11.6 Å². The lowest BCUT2D eigenvalue weighted by molar-refractivity contribution is -0.300. The first-order valence-corrected chi connectivity index (χ1v) is 9.35. The lowest BCUT2D eigenvalue weighted by Gasteiger charge is -2.13. The van der Waals surface area contributed by atoms with Gasteiger partial charge < -0.3 is 14.4 Å². The Balaban J connectivity index is 1.70. The van der Waals surface area contributed by atoms with Crippen LogP contribution in [-0.2, 0) is 22.9 Å². The number of rotatable bonds is 5. The van der Waals surface area contributed by atoms with Gasteiger partial charge in [0.2, 0.25) is 0 Å². The Hall–Kier alpha value is -3.02. The Morgan fingerprint density at radius 2 is 1.97 bits per heavy atom. The van der Waals surface area contributed by atoms with Crippen LogP contribution in [0.15, 0.2) is 42.6 Å². The zero-order valence-electron chi connectivity index (χ0n) is 16.1. The molecule has 2 aromatic heterocycles. The smallest absolute Gasteiger partial charge is 0.425 e. The van der Waals surface area contributed by atoms with Crippen molar-refractivity contribution in [2.75, 3.05) is 18.7 Å². The summed E-state index contributed by atoms with van der Waals surface area (Å²) in [7, 11) is 1.75. The second-order valence-electron chi connectivity index (χ2n) is 6.55. The van der Waals surface area contributed by atoms with Crippen molar-refractivity contribution in [3.05, 3.63) is 59.0 Å². The highest BCUT2D eigenvalue weighted by Gasteiger charge is 2.31. The van der Waals surface area contributed by atoms with Crippen LogP contribution < -0.4 is 14.4 Å². The van der Waals surface area contributed by atoms with Crippen molar-refractivity contribution in [3.8, 4) is 17.5 Å². The quantitative estimate of drug-likeness (QED) is 0.522. The van der Waals surface area contributed by atoms with Crippen LogP contribution in [0.4, 0.5) is 19.0 Å². The summed E-state index contributed by atoms with van der Waals surface area (Å²) in [5.74, 6) is 0.245. The van der Waals surface area contributed by atoms with E-state index in [-0.39, 0.29) is 31.6 Å². The van der Waals surface area contributed by atoms with Gasteiger partial charge in [-0.1, -0.05) is 17.7 Å². The predicted molar refractivity (Wildman–Crippen MR) is 103 cm³/mol. The average Bonchev–Trinajstić information content (AvgIpc) is 2.90. The third-order valence-electron chi connectivity index (χ3n) is 4.25. The Bertz CT molecular complexity index is 1080. The van der Waals surface area contributed by atoms with Crippen molar-refractivity contribution in [2.45, 2.75) is 19.5 Å². The van der Waals surface area contributed by atoms with Crippen molar-refractivity contribution < 1.29 is 32.4 Å². The fraction of sp³-hybridized carbons (Fsp3) is 0.263. The highest BCUT2D eigenvalue weighted by Crippen LogP contribution is 2.33. The van der Waals surface area contributed by atoms with E-state index >= 15 is 0 Å². The number of nitrogens with zero attached hydrogens (tertiary/aromatic N) is 4. The lowest BCUT2D eigenvalue weighted by atomic mass is 10.3. The molecule has 0 saturated heterocycles. The summed E-state index contributed by atoms with van der Waals surface area (Å²) in [6.07, 6.45) is -3.25. The van der Waals surface area contributed by atoms with Gasteiger partial charge >= 0.3 is 12.4 Å². The molecular formula is C19H16ClF3N4O4. The van der Waals surface area contributed by atoms with Gasteiger partial charge in [-0.3, -0.25) is 9.55 Å². The fourth-order valence-electron chi connectivity index (χ4n) is 2.95. The molecule has 0 amide bonds. The summed E-state index contributed by atoms with van der Waals surface area (Å²) >= 11 is 6.06. The molecule has 31 heavy (non-hydrogen) atoms. The molecule has 1 aliphatic rings. The van der Waals surface area contributed by atoms with Gasteiger partial charge in [-0.2, -0.15) is 4.98 Å². The Labute approximate surface area is 179 Å². The van der Waals surface area contributed by atoms with E-state index in [0.717, 1.165) is 6.07 Å². The monoisotopic (exact) mass is 456 g/mol. The maximum atomic E-state index is 12.5. The highest BCUT2D eigenvalue weighted by molar-refractivity contribution is 6.30. The summed E-state index contributed by atoms with van der Waals surface area (Å²) in [4.78, 5) is 20.7. The maximum absolute atomic E-state index is 12.5. The van der Waals surface area contributed by atoms with Crippen LogP contribution in [0.25, 0.3) is 0 Å². The van der Waals surface area contributed by atoms with E-state index in [1.807, 2.05) is 0 Å². The average molecular weight is 457 g/mol. The highest BCUT2D eigenvalue weighted by atomic mass is 35.5. The predicted octanol–water partition coefficient (Wildman–Crippen LogP) is 4.53. The molecule has 0 saturated carbocycles. The van der Waals surface area contributed by atoms with Crippen LogP contribution in [0.2, 0.25) is 5.02 Å². The van der Waals surface area contributed by atoms with E-state index in [1.165, 1.54) is 18.2 Å². The van der Waals surface area contributed by atoms with Crippen LogP contribution in [0.1, 0.15) is 11.4 Å². The molecule has 0 radical (unpaired) electrons. The van der Waals surface area contributed by atoms with Gasteiger partial charge in [0.25, 0.3) is 0 Å². The first-order chi connectivity index (χ1) is 14.8.